The van der Waals surface area contributed by atoms with Gasteiger partial charge in [0.2, 0.25) is 5.91 Å². The molecular formula is C25H21Cl2FN4O4. The fourth-order valence-corrected chi connectivity index (χ4v) is 3.91. The van der Waals surface area contributed by atoms with Crippen LogP contribution in [0.25, 0.3) is 10.9 Å². The van der Waals surface area contributed by atoms with E-state index in [1.54, 1.807) is 24.3 Å². The molecule has 0 aliphatic heterocycles. The number of aromatic amines is 1. The van der Waals surface area contributed by atoms with Gasteiger partial charge in [0.25, 0.3) is 5.91 Å². The first kappa shape index (κ1) is 25.3. The van der Waals surface area contributed by atoms with Gasteiger partial charge >= 0.3 is 0 Å². The Balaban J connectivity index is 1.47. The quantitative estimate of drug-likeness (QED) is 0.199. The molecule has 6 N–H and O–H groups in total. The third kappa shape index (κ3) is 5.88. The van der Waals surface area contributed by atoms with Gasteiger partial charge < -0.3 is 31.2 Å². The lowest BCUT2D eigenvalue weighted by Crippen LogP contribution is -2.23. The van der Waals surface area contributed by atoms with E-state index in [4.69, 9.17) is 38.8 Å². The highest BCUT2D eigenvalue weighted by atomic mass is 35.5. The molecule has 1 heterocycles. The van der Waals surface area contributed by atoms with Crippen LogP contribution in [0.1, 0.15) is 22.5 Å². The molecule has 3 aromatic carbocycles. The number of amides is 2. The zero-order chi connectivity index (χ0) is 25.8. The highest BCUT2D eigenvalue weighted by Crippen LogP contribution is 2.35. The summed E-state index contributed by atoms with van der Waals surface area (Å²) in [6.45, 7) is -0.383. The largest absolute Gasteiger partial charge is 0.453 e. The molecule has 0 atom stereocenters. The number of halogens is 3. The van der Waals surface area contributed by atoms with Gasteiger partial charge in [0.05, 0.1) is 18.1 Å². The summed E-state index contributed by atoms with van der Waals surface area (Å²) in [4.78, 5) is 27.4. The average Bonchev–Trinajstić information content (AvgIpc) is 3.24. The van der Waals surface area contributed by atoms with E-state index >= 15 is 4.39 Å². The van der Waals surface area contributed by atoms with Crippen LogP contribution in [0.3, 0.4) is 0 Å². The average molecular weight is 531 g/mol. The number of aromatic nitrogens is 1. The van der Waals surface area contributed by atoms with Crippen LogP contribution in [0.15, 0.2) is 54.6 Å². The third-order valence-electron chi connectivity index (χ3n) is 5.17. The molecule has 2 amide bonds. The van der Waals surface area contributed by atoms with E-state index in [2.05, 4.69) is 15.6 Å². The molecule has 0 aliphatic rings. The van der Waals surface area contributed by atoms with E-state index in [-0.39, 0.29) is 53.3 Å². The lowest BCUT2D eigenvalue weighted by molar-refractivity contribution is -0.116. The molecule has 0 aliphatic carbocycles. The molecule has 8 nitrogen and oxygen atoms in total. The topological polar surface area (TPSA) is 129 Å². The maximum atomic E-state index is 15.2. The molecule has 4 aromatic rings. The van der Waals surface area contributed by atoms with Gasteiger partial charge in [-0.1, -0.05) is 35.3 Å². The minimum atomic E-state index is -0.735. The van der Waals surface area contributed by atoms with Gasteiger partial charge in [-0.2, -0.15) is 0 Å². The maximum Gasteiger partial charge on any atom is 0.267 e. The van der Waals surface area contributed by atoms with E-state index in [1.807, 2.05) is 0 Å². The predicted molar refractivity (Wildman–Crippen MR) is 137 cm³/mol. The molecule has 186 valence electrons. The van der Waals surface area contributed by atoms with Crippen molar-refractivity contribution in [1.29, 1.82) is 0 Å². The minimum absolute atomic E-state index is 0.0163. The molecule has 36 heavy (non-hydrogen) atoms. The zero-order valence-corrected chi connectivity index (χ0v) is 20.2. The number of rotatable bonds is 8. The van der Waals surface area contributed by atoms with Crippen LogP contribution < -0.4 is 21.1 Å². The van der Waals surface area contributed by atoms with Crippen LogP contribution in [0.5, 0.6) is 11.5 Å². The molecule has 0 unspecified atom stereocenters. The number of aliphatic hydroxyl groups is 1. The van der Waals surface area contributed by atoms with E-state index in [9.17, 15) is 9.59 Å². The summed E-state index contributed by atoms with van der Waals surface area (Å²) in [6.07, 6.45) is -0.0163. The molecule has 11 heteroatoms. The standard InChI is InChI=1S/C25H21Cl2FN4O4/c26-15-8-16(29)10-18(9-15)36-24-19(27)4-2-14(23(24)28)12-30-25(35)21-7-13-1-3-17(11-20(13)32-21)31-22(34)5-6-33/h1-4,7-11,32-33H,5-6,12,29H2,(H,30,35)(H,31,34). The fourth-order valence-electron chi connectivity index (χ4n) is 3.49. The number of H-pyrrole nitrogens is 1. The Labute approximate surface area is 215 Å². The monoisotopic (exact) mass is 530 g/mol. The van der Waals surface area contributed by atoms with Crippen molar-refractivity contribution in [1.82, 2.24) is 10.3 Å². The minimum Gasteiger partial charge on any atom is -0.453 e. The zero-order valence-electron chi connectivity index (χ0n) is 18.7. The fraction of sp³-hybridized carbons (Fsp3) is 0.120. The number of carbonyl (C=O) groups excluding carboxylic acids is 2. The summed E-state index contributed by atoms with van der Waals surface area (Å²) in [6, 6.07) is 14.1. The normalized spacial score (nSPS) is 10.9. The van der Waals surface area contributed by atoms with Crippen LogP contribution >= 0.6 is 23.2 Å². The van der Waals surface area contributed by atoms with Gasteiger partial charge in [0.1, 0.15) is 11.4 Å². The van der Waals surface area contributed by atoms with Crippen LogP contribution in [0.2, 0.25) is 10.0 Å². The second-order valence-corrected chi connectivity index (χ2v) is 8.71. The number of anilines is 2. The summed E-state index contributed by atoms with van der Waals surface area (Å²) in [5.41, 5.74) is 7.65. The Hall–Kier alpha value is -3.79. The SMILES string of the molecule is Nc1cc(Cl)cc(Oc2c(Cl)ccc(CNC(=O)c3cc4ccc(NC(=O)CCO)cc4[nH]3)c2F)c1. The van der Waals surface area contributed by atoms with E-state index in [0.717, 1.165) is 5.39 Å². The number of fused-ring (bicyclic) bond motifs is 1. The number of nitrogens with two attached hydrogens (primary N) is 1. The Morgan fingerprint density at radius 2 is 1.89 bits per heavy atom. The van der Waals surface area contributed by atoms with Crippen molar-refractivity contribution < 1.29 is 23.8 Å². The van der Waals surface area contributed by atoms with Gasteiger partial charge in [-0.25, -0.2) is 4.39 Å². The van der Waals surface area contributed by atoms with Crippen molar-refractivity contribution in [3.8, 4) is 11.5 Å². The van der Waals surface area contributed by atoms with Crippen molar-refractivity contribution in [2.75, 3.05) is 17.7 Å². The Bertz CT molecular complexity index is 1440. The number of carbonyl (C=O) groups is 2. The Kier molecular flexibility index (Phi) is 7.64. The first-order valence-corrected chi connectivity index (χ1v) is 11.5. The molecule has 0 bridgehead atoms. The molecule has 1 aromatic heterocycles. The van der Waals surface area contributed by atoms with Gasteiger partial charge in [-0.05, 0) is 36.4 Å². The molecule has 4 rings (SSSR count). The summed E-state index contributed by atoms with van der Waals surface area (Å²) in [7, 11) is 0. The number of nitrogens with one attached hydrogen (secondary N) is 3. The van der Waals surface area contributed by atoms with Crippen LogP contribution in [0, 0.1) is 5.82 Å². The van der Waals surface area contributed by atoms with E-state index in [1.165, 1.54) is 30.3 Å². The summed E-state index contributed by atoms with van der Waals surface area (Å²) < 4.78 is 20.8. The lowest BCUT2D eigenvalue weighted by Gasteiger charge is -2.13. The van der Waals surface area contributed by atoms with Crippen molar-refractivity contribution in [3.63, 3.8) is 0 Å². The van der Waals surface area contributed by atoms with Gasteiger partial charge in [-0.3, -0.25) is 9.59 Å². The number of ether oxygens (including phenoxy) is 1. The summed E-state index contributed by atoms with van der Waals surface area (Å²) in [5, 5.41) is 15.3. The Morgan fingerprint density at radius 3 is 2.64 bits per heavy atom. The van der Waals surface area contributed by atoms with E-state index < -0.39 is 11.7 Å². The molecule has 0 radical (unpaired) electrons. The van der Waals surface area contributed by atoms with Crippen molar-refractivity contribution in [2.45, 2.75) is 13.0 Å². The van der Waals surface area contributed by atoms with Crippen LogP contribution in [-0.4, -0.2) is 28.5 Å². The third-order valence-corrected chi connectivity index (χ3v) is 5.69. The molecule has 0 spiro atoms. The second-order valence-electron chi connectivity index (χ2n) is 7.86. The first-order chi connectivity index (χ1) is 17.2. The van der Waals surface area contributed by atoms with Crippen molar-refractivity contribution in [3.05, 3.63) is 81.7 Å². The van der Waals surface area contributed by atoms with Crippen LogP contribution in [-0.2, 0) is 11.3 Å². The second kappa shape index (κ2) is 10.9. The van der Waals surface area contributed by atoms with Crippen molar-refractivity contribution in [2.24, 2.45) is 0 Å². The van der Waals surface area contributed by atoms with Gasteiger partial charge in [0.15, 0.2) is 11.6 Å². The van der Waals surface area contributed by atoms with Gasteiger partial charge in [-0.15, -0.1) is 0 Å². The smallest absolute Gasteiger partial charge is 0.267 e. The maximum absolute atomic E-state index is 15.2. The molecular weight excluding hydrogens is 510 g/mol. The lowest BCUT2D eigenvalue weighted by atomic mass is 10.2. The number of aliphatic hydroxyl groups excluding tert-OH is 1. The van der Waals surface area contributed by atoms with Crippen LogP contribution in [0.4, 0.5) is 15.8 Å². The van der Waals surface area contributed by atoms with Crippen molar-refractivity contribution >= 4 is 57.3 Å². The highest BCUT2D eigenvalue weighted by Gasteiger charge is 2.17. The van der Waals surface area contributed by atoms with E-state index in [0.29, 0.717) is 21.9 Å². The molecule has 0 saturated heterocycles. The number of nitrogen functional groups attached to an aromatic ring is 1. The number of benzene rings is 3. The highest BCUT2D eigenvalue weighted by molar-refractivity contribution is 6.32. The van der Waals surface area contributed by atoms with Gasteiger partial charge in [0, 0.05) is 45.5 Å². The first-order valence-electron chi connectivity index (χ1n) is 10.8. The number of hydrogen-bond acceptors (Lipinski definition) is 5. The number of hydrogen-bond donors (Lipinski definition) is 5. The molecule has 0 fully saturated rings. The summed E-state index contributed by atoms with van der Waals surface area (Å²) in [5.74, 6) is -1.52. The predicted octanol–water partition coefficient (Wildman–Crippen LogP) is 5.24. The Morgan fingerprint density at radius 1 is 1.08 bits per heavy atom. The molecule has 0 saturated carbocycles. The summed E-state index contributed by atoms with van der Waals surface area (Å²) >= 11 is 12.1.